The zero-order valence-electron chi connectivity index (χ0n) is 12.0. The Morgan fingerprint density at radius 2 is 1.33 bits per heavy atom. The first kappa shape index (κ1) is 15.5. The Morgan fingerprint density at radius 1 is 0.714 bits per heavy atom. The van der Waals surface area contributed by atoms with E-state index in [1.165, 1.54) is 11.1 Å². The minimum Gasteiger partial charge on any atom is -0.236 e. The predicted octanol–water partition coefficient (Wildman–Crippen LogP) is 4.42. The third-order valence-corrected chi connectivity index (χ3v) is 3.53. The molecule has 0 aliphatic rings. The van der Waals surface area contributed by atoms with Crippen LogP contribution < -0.4 is 0 Å². The minimum absolute atomic E-state index is 0. The number of hydrogen-bond acceptors (Lipinski definition) is 2. The number of rotatable bonds is 2. The molecule has 0 saturated heterocycles. The molecule has 3 heteroatoms. The molecule has 3 aromatic rings. The van der Waals surface area contributed by atoms with E-state index in [2.05, 4.69) is 48.1 Å². The second kappa shape index (κ2) is 6.73. The van der Waals surface area contributed by atoms with E-state index < -0.39 is 0 Å². The maximum atomic E-state index is 4.48. The molecule has 0 spiro atoms. The van der Waals surface area contributed by atoms with Gasteiger partial charge in [-0.25, -0.2) is 9.97 Å². The zero-order valence-corrected chi connectivity index (χ0v) is 13.8. The normalized spacial score (nSPS) is 10.0. The summed E-state index contributed by atoms with van der Waals surface area (Å²) in [4.78, 5) is 8.94. The molecule has 0 amide bonds. The molecule has 0 saturated carbocycles. The molecule has 0 unspecified atom stereocenters. The van der Waals surface area contributed by atoms with Gasteiger partial charge in [0.15, 0.2) is 0 Å². The summed E-state index contributed by atoms with van der Waals surface area (Å²) < 4.78 is 0. The first-order valence-corrected chi connectivity index (χ1v) is 6.70. The largest absolute Gasteiger partial charge is 3.00 e. The molecule has 0 aliphatic carbocycles. The van der Waals surface area contributed by atoms with Gasteiger partial charge in [0.2, 0.25) is 0 Å². The number of aryl methyl sites for hydroxylation is 1. The molecule has 0 fully saturated rings. The van der Waals surface area contributed by atoms with Gasteiger partial charge in [-0.2, -0.15) is 0 Å². The van der Waals surface area contributed by atoms with Gasteiger partial charge in [-0.05, 0) is 19.4 Å². The van der Waals surface area contributed by atoms with E-state index in [0.717, 1.165) is 22.5 Å². The van der Waals surface area contributed by atoms with Crippen LogP contribution in [-0.4, -0.2) is 9.97 Å². The summed E-state index contributed by atoms with van der Waals surface area (Å²) in [6.07, 6.45) is 1.65. The van der Waals surface area contributed by atoms with E-state index in [9.17, 15) is 0 Å². The van der Waals surface area contributed by atoms with E-state index >= 15 is 0 Å². The Labute approximate surface area is 138 Å². The average Bonchev–Trinajstić information content (AvgIpc) is 2.49. The van der Waals surface area contributed by atoms with Crippen molar-refractivity contribution in [3.05, 3.63) is 72.1 Å². The molecule has 103 valence electrons. The van der Waals surface area contributed by atoms with Crippen LogP contribution in [0.3, 0.4) is 0 Å². The van der Waals surface area contributed by atoms with Crippen molar-refractivity contribution in [2.45, 2.75) is 13.8 Å². The van der Waals surface area contributed by atoms with Crippen molar-refractivity contribution in [2.75, 3.05) is 0 Å². The molecular formula is C18H16N2Ru+3. The topological polar surface area (TPSA) is 25.8 Å². The summed E-state index contributed by atoms with van der Waals surface area (Å²) in [7, 11) is 0. The van der Waals surface area contributed by atoms with Crippen molar-refractivity contribution in [3.8, 4) is 22.5 Å². The number of hydrogen-bond donors (Lipinski definition) is 0. The molecule has 1 aromatic heterocycles. The third kappa shape index (κ3) is 3.09. The summed E-state index contributed by atoms with van der Waals surface area (Å²) in [6, 6.07) is 18.6. The fourth-order valence-electron chi connectivity index (χ4n) is 2.45. The number of aromatic nitrogens is 2. The van der Waals surface area contributed by atoms with Crippen molar-refractivity contribution in [1.29, 1.82) is 0 Å². The van der Waals surface area contributed by atoms with Gasteiger partial charge in [-0.15, -0.1) is 0 Å². The summed E-state index contributed by atoms with van der Waals surface area (Å²) in [5, 5.41) is 0. The summed E-state index contributed by atoms with van der Waals surface area (Å²) in [5.74, 6) is 0. The van der Waals surface area contributed by atoms with Crippen LogP contribution in [0.1, 0.15) is 11.1 Å². The number of benzene rings is 2. The Balaban J connectivity index is 0.00000161. The first-order chi connectivity index (χ1) is 9.77. The molecule has 0 atom stereocenters. The Morgan fingerprint density at radius 3 is 2.05 bits per heavy atom. The quantitative estimate of drug-likeness (QED) is 0.631. The first-order valence-electron chi connectivity index (χ1n) is 6.70. The van der Waals surface area contributed by atoms with Gasteiger partial charge in [0, 0.05) is 16.7 Å². The standard InChI is InChI=1S/C18H16N2.Ru/c1-13-8-6-7-11-16(13)18-14(2)17(19-12-20-18)15-9-4-3-5-10-15;/h3-12H,1-2H3;/q;+3. The van der Waals surface area contributed by atoms with Crippen LogP contribution >= 0.6 is 0 Å². The average molecular weight is 361 g/mol. The Hall–Kier alpha value is -1.86. The molecule has 2 nitrogen and oxygen atoms in total. The van der Waals surface area contributed by atoms with Crippen LogP contribution in [0, 0.1) is 13.8 Å². The zero-order chi connectivity index (χ0) is 13.9. The van der Waals surface area contributed by atoms with E-state index in [1.807, 2.05) is 30.3 Å². The van der Waals surface area contributed by atoms with Gasteiger partial charge in [-0.1, -0.05) is 54.6 Å². The van der Waals surface area contributed by atoms with Gasteiger partial charge >= 0.3 is 19.5 Å². The van der Waals surface area contributed by atoms with Crippen molar-refractivity contribution in [3.63, 3.8) is 0 Å². The van der Waals surface area contributed by atoms with Gasteiger partial charge in [0.1, 0.15) is 6.33 Å². The van der Waals surface area contributed by atoms with Crippen LogP contribution in [0.2, 0.25) is 0 Å². The van der Waals surface area contributed by atoms with Crippen molar-refractivity contribution in [2.24, 2.45) is 0 Å². The van der Waals surface area contributed by atoms with Crippen molar-refractivity contribution >= 4 is 0 Å². The van der Waals surface area contributed by atoms with Gasteiger partial charge < -0.3 is 0 Å². The molecular weight excluding hydrogens is 345 g/mol. The van der Waals surface area contributed by atoms with Crippen molar-refractivity contribution in [1.82, 2.24) is 9.97 Å². The minimum atomic E-state index is 0. The maximum Gasteiger partial charge on any atom is 3.00 e. The van der Waals surface area contributed by atoms with Gasteiger partial charge in [0.25, 0.3) is 0 Å². The Bertz CT molecular complexity index is 739. The fraction of sp³-hybridized carbons (Fsp3) is 0.111. The molecule has 1 heterocycles. The van der Waals surface area contributed by atoms with Crippen LogP contribution in [-0.2, 0) is 19.5 Å². The van der Waals surface area contributed by atoms with E-state index in [0.29, 0.717) is 0 Å². The van der Waals surface area contributed by atoms with E-state index in [-0.39, 0.29) is 19.5 Å². The number of nitrogens with zero attached hydrogens (tertiary/aromatic N) is 2. The predicted molar refractivity (Wildman–Crippen MR) is 82.4 cm³/mol. The van der Waals surface area contributed by atoms with E-state index in [1.54, 1.807) is 6.33 Å². The second-order valence-electron chi connectivity index (χ2n) is 4.88. The van der Waals surface area contributed by atoms with Gasteiger partial charge in [-0.3, -0.25) is 0 Å². The summed E-state index contributed by atoms with van der Waals surface area (Å²) >= 11 is 0. The molecule has 0 aliphatic heterocycles. The summed E-state index contributed by atoms with van der Waals surface area (Å²) in [5.41, 5.74) is 6.66. The molecule has 21 heavy (non-hydrogen) atoms. The smallest absolute Gasteiger partial charge is 0.236 e. The molecule has 0 bridgehead atoms. The molecule has 3 rings (SSSR count). The Kier molecular flexibility index (Phi) is 4.98. The van der Waals surface area contributed by atoms with Crippen LogP contribution in [0.15, 0.2) is 60.9 Å². The maximum absolute atomic E-state index is 4.48. The molecule has 0 N–H and O–H groups in total. The molecule has 1 radical (unpaired) electrons. The SMILES string of the molecule is Cc1ccccc1-c1ncnc(-c2ccccc2)c1C.[Ru+3]. The van der Waals surface area contributed by atoms with Crippen LogP contribution in [0.25, 0.3) is 22.5 Å². The van der Waals surface area contributed by atoms with Gasteiger partial charge in [0.05, 0.1) is 11.4 Å². The second-order valence-corrected chi connectivity index (χ2v) is 4.88. The fourth-order valence-corrected chi connectivity index (χ4v) is 2.45. The monoisotopic (exact) mass is 362 g/mol. The van der Waals surface area contributed by atoms with Crippen LogP contribution in [0.5, 0.6) is 0 Å². The molecule has 2 aromatic carbocycles. The summed E-state index contributed by atoms with van der Waals surface area (Å²) in [6.45, 7) is 4.20. The third-order valence-electron chi connectivity index (χ3n) is 3.53. The van der Waals surface area contributed by atoms with Crippen molar-refractivity contribution < 1.29 is 19.5 Å². The van der Waals surface area contributed by atoms with Crippen LogP contribution in [0.4, 0.5) is 0 Å². The van der Waals surface area contributed by atoms with E-state index in [4.69, 9.17) is 0 Å².